The van der Waals surface area contributed by atoms with Crippen molar-refractivity contribution in [1.82, 2.24) is 14.8 Å². The van der Waals surface area contributed by atoms with E-state index in [2.05, 4.69) is 20.7 Å². The Labute approximate surface area is 166 Å². The Kier molecular flexibility index (Phi) is 5.10. The lowest BCUT2D eigenvalue weighted by molar-refractivity contribution is -0.118. The van der Waals surface area contributed by atoms with Crippen LogP contribution in [-0.2, 0) is 9.59 Å². The lowest BCUT2D eigenvalue weighted by Gasteiger charge is -2.24. The Balaban J connectivity index is 1.42. The molecule has 1 aliphatic heterocycles. The molecule has 1 aliphatic rings. The summed E-state index contributed by atoms with van der Waals surface area (Å²) in [5, 5.41) is 9.63. The number of carbonyl (C=O) groups excluding carboxylic acids is 2. The molecule has 0 bridgehead atoms. The van der Waals surface area contributed by atoms with Gasteiger partial charge < -0.3 is 14.8 Å². The molecular weight excluding hydrogens is 374 g/mol. The van der Waals surface area contributed by atoms with Crippen molar-refractivity contribution in [3.8, 4) is 11.5 Å². The monoisotopic (exact) mass is 393 g/mol. The van der Waals surface area contributed by atoms with Crippen molar-refractivity contribution >= 4 is 23.5 Å². The highest BCUT2D eigenvalue weighted by atomic mass is 16.5. The van der Waals surface area contributed by atoms with Crippen LogP contribution in [0.2, 0.25) is 0 Å². The van der Waals surface area contributed by atoms with E-state index in [0.29, 0.717) is 23.1 Å². The Morgan fingerprint density at radius 3 is 2.93 bits per heavy atom. The predicted molar refractivity (Wildman–Crippen MR) is 105 cm³/mol. The highest BCUT2D eigenvalue weighted by molar-refractivity contribution is 5.92. The summed E-state index contributed by atoms with van der Waals surface area (Å²) in [7, 11) is 1.56. The SMILES string of the molecule is COc1cccc(NC(=O)COc2cccc([C@@H]3CC(=O)Nc4ncnn43)c2)c1. The van der Waals surface area contributed by atoms with Crippen LogP contribution >= 0.6 is 0 Å². The molecule has 0 fully saturated rings. The first kappa shape index (κ1) is 18.5. The molecule has 148 valence electrons. The Bertz CT molecular complexity index is 1050. The highest BCUT2D eigenvalue weighted by Crippen LogP contribution is 2.30. The first-order chi connectivity index (χ1) is 14.1. The second-order valence-electron chi connectivity index (χ2n) is 6.44. The van der Waals surface area contributed by atoms with Crippen LogP contribution in [0.5, 0.6) is 11.5 Å². The molecule has 0 saturated carbocycles. The molecule has 2 amide bonds. The lowest BCUT2D eigenvalue weighted by Crippen LogP contribution is -2.29. The van der Waals surface area contributed by atoms with Gasteiger partial charge in [-0.15, -0.1) is 0 Å². The zero-order valence-corrected chi connectivity index (χ0v) is 15.7. The molecule has 2 N–H and O–H groups in total. The summed E-state index contributed by atoms with van der Waals surface area (Å²) in [6.07, 6.45) is 1.65. The average Bonchev–Trinajstić information content (AvgIpc) is 3.20. The van der Waals surface area contributed by atoms with Crippen LogP contribution < -0.4 is 20.1 Å². The van der Waals surface area contributed by atoms with Gasteiger partial charge >= 0.3 is 0 Å². The van der Waals surface area contributed by atoms with Crippen LogP contribution in [0.1, 0.15) is 18.0 Å². The summed E-state index contributed by atoms with van der Waals surface area (Å²) in [4.78, 5) is 28.2. The van der Waals surface area contributed by atoms with Gasteiger partial charge in [0, 0.05) is 11.8 Å². The fourth-order valence-corrected chi connectivity index (χ4v) is 3.12. The predicted octanol–water partition coefficient (Wildman–Crippen LogP) is 2.24. The zero-order chi connectivity index (χ0) is 20.2. The lowest BCUT2D eigenvalue weighted by atomic mass is 10.0. The van der Waals surface area contributed by atoms with Gasteiger partial charge in [-0.1, -0.05) is 18.2 Å². The number of fused-ring (bicyclic) bond motifs is 1. The maximum absolute atomic E-state index is 12.2. The van der Waals surface area contributed by atoms with E-state index in [0.717, 1.165) is 5.56 Å². The number of rotatable bonds is 6. The van der Waals surface area contributed by atoms with E-state index in [-0.39, 0.29) is 30.9 Å². The Hall–Kier alpha value is -3.88. The van der Waals surface area contributed by atoms with Gasteiger partial charge in [0.1, 0.15) is 17.8 Å². The molecule has 2 aromatic carbocycles. The van der Waals surface area contributed by atoms with Crippen molar-refractivity contribution in [2.45, 2.75) is 12.5 Å². The fraction of sp³-hybridized carbons (Fsp3) is 0.200. The number of nitrogens with one attached hydrogen (secondary N) is 2. The molecule has 0 saturated heterocycles. The van der Waals surface area contributed by atoms with Gasteiger partial charge in [0.25, 0.3) is 5.91 Å². The second-order valence-corrected chi connectivity index (χ2v) is 6.44. The largest absolute Gasteiger partial charge is 0.497 e. The maximum Gasteiger partial charge on any atom is 0.262 e. The van der Waals surface area contributed by atoms with Crippen LogP contribution in [0, 0.1) is 0 Å². The van der Waals surface area contributed by atoms with Gasteiger partial charge in [0.2, 0.25) is 11.9 Å². The molecule has 1 aromatic heterocycles. The third kappa shape index (κ3) is 4.18. The van der Waals surface area contributed by atoms with Crippen LogP contribution in [0.4, 0.5) is 11.6 Å². The molecule has 0 unspecified atom stereocenters. The quantitative estimate of drug-likeness (QED) is 0.665. The van der Waals surface area contributed by atoms with Gasteiger partial charge in [-0.25, -0.2) is 4.68 Å². The topological polar surface area (TPSA) is 107 Å². The third-order valence-corrected chi connectivity index (χ3v) is 4.46. The molecular formula is C20H19N5O4. The summed E-state index contributed by atoms with van der Waals surface area (Å²) in [6, 6.07) is 14.1. The number of methoxy groups -OCH3 is 1. The van der Waals surface area contributed by atoms with Crippen molar-refractivity contribution < 1.29 is 19.1 Å². The zero-order valence-electron chi connectivity index (χ0n) is 15.7. The van der Waals surface area contributed by atoms with Crippen molar-refractivity contribution in [3.63, 3.8) is 0 Å². The third-order valence-electron chi connectivity index (χ3n) is 4.46. The average molecular weight is 393 g/mol. The van der Waals surface area contributed by atoms with E-state index < -0.39 is 0 Å². The van der Waals surface area contributed by atoms with Gasteiger partial charge in [-0.3, -0.25) is 14.9 Å². The fourth-order valence-electron chi connectivity index (χ4n) is 3.12. The number of benzene rings is 2. The molecule has 0 radical (unpaired) electrons. The van der Waals surface area contributed by atoms with E-state index in [1.165, 1.54) is 6.33 Å². The van der Waals surface area contributed by atoms with Gasteiger partial charge in [-0.05, 0) is 29.8 Å². The summed E-state index contributed by atoms with van der Waals surface area (Å²) < 4.78 is 12.4. The smallest absolute Gasteiger partial charge is 0.262 e. The van der Waals surface area contributed by atoms with Crippen LogP contribution in [-0.4, -0.2) is 40.3 Å². The summed E-state index contributed by atoms with van der Waals surface area (Å²) in [5.74, 6) is 1.17. The molecule has 9 nitrogen and oxygen atoms in total. The number of hydrogen-bond donors (Lipinski definition) is 2. The van der Waals surface area contributed by atoms with E-state index in [1.807, 2.05) is 12.1 Å². The van der Waals surface area contributed by atoms with E-state index >= 15 is 0 Å². The minimum atomic E-state index is -0.292. The van der Waals surface area contributed by atoms with E-state index in [9.17, 15) is 9.59 Å². The first-order valence-electron chi connectivity index (χ1n) is 8.98. The van der Waals surface area contributed by atoms with Crippen LogP contribution in [0.15, 0.2) is 54.9 Å². The van der Waals surface area contributed by atoms with E-state index in [4.69, 9.17) is 9.47 Å². The second kappa shape index (κ2) is 8.01. The molecule has 3 aromatic rings. The van der Waals surface area contributed by atoms with Gasteiger partial charge in [0.15, 0.2) is 6.61 Å². The summed E-state index contributed by atoms with van der Waals surface area (Å²) >= 11 is 0. The van der Waals surface area contributed by atoms with Gasteiger partial charge in [-0.2, -0.15) is 10.1 Å². The van der Waals surface area contributed by atoms with Crippen molar-refractivity contribution in [2.24, 2.45) is 0 Å². The maximum atomic E-state index is 12.2. The highest BCUT2D eigenvalue weighted by Gasteiger charge is 2.27. The molecule has 9 heteroatoms. The van der Waals surface area contributed by atoms with E-state index in [1.54, 1.807) is 48.2 Å². The Morgan fingerprint density at radius 2 is 2.07 bits per heavy atom. The number of hydrogen-bond acceptors (Lipinski definition) is 6. The van der Waals surface area contributed by atoms with Crippen LogP contribution in [0.3, 0.4) is 0 Å². The number of nitrogens with zero attached hydrogens (tertiary/aromatic N) is 3. The standard InChI is InChI=1S/C20H19N5O4/c1-28-15-6-3-5-14(9-15)23-19(27)11-29-16-7-2-4-13(8-16)17-10-18(26)24-20-21-12-22-25(17)20/h2-9,12,17H,10-11H2,1H3,(H,23,27)(H,21,22,24,26)/t17-/m0/s1. The van der Waals surface area contributed by atoms with Crippen molar-refractivity contribution in [2.75, 3.05) is 24.4 Å². The van der Waals surface area contributed by atoms with Crippen molar-refractivity contribution in [1.29, 1.82) is 0 Å². The molecule has 0 spiro atoms. The summed E-state index contributed by atoms with van der Waals surface area (Å²) in [6.45, 7) is -0.152. The number of ether oxygens (including phenoxy) is 2. The van der Waals surface area contributed by atoms with Crippen LogP contribution in [0.25, 0.3) is 0 Å². The number of amides is 2. The first-order valence-corrected chi connectivity index (χ1v) is 8.98. The minimum Gasteiger partial charge on any atom is -0.497 e. The Morgan fingerprint density at radius 1 is 1.24 bits per heavy atom. The molecule has 29 heavy (non-hydrogen) atoms. The molecule has 1 atom stereocenters. The number of aromatic nitrogens is 3. The molecule has 0 aliphatic carbocycles. The van der Waals surface area contributed by atoms with Crippen molar-refractivity contribution in [3.05, 3.63) is 60.4 Å². The number of anilines is 2. The molecule has 4 rings (SSSR count). The minimum absolute atomic E-state index is 0.125. The molecule has 2 heterocycles. The number of carbonyl (C=O) groups is 2. The summed E-state index contributed by atoms with van der Waals surface area (Å²) in [5.41, 5.74) is 1.47. The normalized spacial score (nSPS) is 15.2. The van der Waals surface area contributed by atoms with Gasteiger partial charge in [0.05, 0.1) is 19.6 Å².